The van der Waals surface area contributed by atoms with Gasteiger partial charge in [0.2, 0.25) is 5.78 Å². The number of aromatic nitrogens is 2. The molecule has 1 aliphatic rings. The number of rotatable bonds is 7. The number of carbonyl (C=O) groups is 3. The van der Waals surface area contributed by atoms with Crippen molar-refractivity contribution in [2.75, 3.05) is 4.90 Å². The van der Waals surface area contributed by atoms with E-state index in [0.29, 0.717) is 16.8 Å². The molecule has 2 unspecified atom stereocenters. The molecule has 2 atom stereocenters. The molecule has 2 heterocycles. The Morgan fingerprint density at radius 2 is 1.60 bits per heavy atom. The number of benzene rings is 2. The van der Waals surface area contributed by atoms with Crippen LogP contribution in [0.2, 0.25) is 0 Å². The number of alkyl halides is 2. The predicted molar refractivity (Wildman–Crippen MR) is 123 cm³/mol. The van der Waals surface area contributed by atoms with E-state index in [1.54, 1.807) is 31.2 Å². The van der Waals surface area contributed by atoms with Gasteiger partial charge in [-0.2, -0.15) is 13.9 Å². The number of halogens is 2. The number of aryl methyl sites for hydroxylation is 1. The van der Waals surface area contributed by atoms with Gasteiger partial charge in [-0.1, -0.05) is 50.2 Å². The van der Waals surface area contributed by atoms with E-state index < -0.39 is 36.0 Å². The van der Waals surface area contributed by atoms with Gasteiger partial charge < -0.3 is 4.74 Å². The second-order valence-corrected chi connectivity index (χ2v) is 8.58. The maximum atomic E-state index is 13.6. The minimum absolute atomic E-state index is 0.0896. The molecular weight excluding hydrogens is 456 g/mol. The van der Waals surface area contributed by atoms with Gasteiger partial charge in [0.25, 0.3) is 5.91 Å². The Labute approximate surface area is 200 Å². The van der Waals surface area contributed by atoms with Crippen LogP contribution in [-0.4, -0.2) is 34.3 Å². The van der Waals surface area contributed by atoms with Crippen molar-refractivity contribution in [3.63, 3.8) is 0 Å². The Morgan fingerprint density at radius 1 is 0.943 bits per heavy atom. The van der Waals surface area contributed by atoms with Gasteiger partial charge >= 0.3 is 6.61 Å². The Morgan fingerprint density at radius 3 is 2.14 bits per heavy atom. The highest BCUT2D eigenvalue weighted by molar-refractivity contribution is 6.48. The Balaban J connectivity index is 1.78. The summed E-state index contributed by atoms with van der Waals surface area (Å²) in [7, 11) is 0. The highest BCUT2D eigenvalue weighted by atomic mass is 19.3. The second kappa shape index (κ2) is 9.69. The molecular formula is C26H23F2N3O4. The van der Waals surface area contributed by atoms with Crippen molar-refractivity contribution in [2.45, 2.75) is 39.3 Å². The maximum absolute atomic E-state index is 13.6. The van der Waals surface area contributed by atoms with Gasteiger partial charge in [0, 0.05) is 5.56 Å². The van der Waals surface area contributed by atoms with E-state index in [2.05, 4.69) is 14.9 Å². The van der Waals surface area contributed by atoms with Gasteiger partial charge in [0.15, 0.2) is 11.6 Å². The van der Waals surface area contributed by atoms with Crippen LogP contribution in [0.3, 0.4) is 0 Å². The third-order valence-corrected chi connectivity index (χ3v) is 5.93. The molecule has 1 fully saturated rings. The minimum Gasteiger partial charge on any atom is -0.435 e. The first-order chi connectivity index (χ1) is 16.7. The molecule has 3 aromatic rings. The number of Topliss-reactive ketones (excluding diaryl/α,β-unsaturated/α-hetero) is 2. The Bertz CT molecular complexity index is 1240. The molecule has 0 spiro atoms. The van der Waals surface area contributed by atoms with Crippen LogP contribution in [0.4, 0.5) is 14.6 Å². The van der Waals surface area contributed by atoms with Crippen molar-refractivity contribution >= 4 is 23.3 Å². The molecule has 0 N–H and O–H groups in total. The number of anilines is 1. The molecule has 35 heavy (non-hydrogen) atoms. The molecule has 1 aliphatic heterocycles. The summed E-state index contributed by atoms with van der Waals surface area (Å²) < 4.78 is 29.6. The third kappa shape index (κ3) is 4.80. The monoisotopic (exact) mass is 479 g/mol. The van der Waals surface area contributed by atoms with Crippen molar-refractivity contribution in [2.24, 2.45) is 5.92 Å². The Kier molecular flexibility index (Phi) is 6.68. The molecule has 9 heteroatoms. The molecule has 180 valence electrons. The van der Waals surface area contributed by atoms with E-state index in [-0.39, 0.29) is 17.5 Å². The largest absolute Gasteiger partial charge is 0.435 e. The quantitative estimate of drug-likeness (QED) is 0.278. The van der Waals surface area contributed by atoms with Crippen molar-refractivity contribution in [3.8, 4) is 5.75 Å². The number of ether oxygens (including phenoxy) is 1. The van der Waals surface area contributed by atoms with Gasteiger partial charge in [-0.25, -0.2) is 0 Å². The summed E-state index contributed by atoms with van der Waals surface area (Å²) in [5.41, 5.74) is 2.32. The molecule has 0 aliphatic carbocycles. The van der Waals surface area contributed by atoms with Crippen LogP contribution >= 0.6 is 0 Å². The zero-order valence-corrected chi connectivity index (χ0v) is 19.3. The van der Waals surface area contributed by atoms with Crippen LogP contribution in [0, 0.1) is 12.8 Å². The molecule has 1 aromatic heterocycles. The van der Waals surface area contributed by atoms with Crippen molar-refractivity contribution in [1.82, 2.24) is 10.2 Å². The molecule has 0 saturated carbocycles. The number of hydrogen-bond acceptors (Lipinski definition) is 6. The first-order valence-electron chi connectivity index (χ1n) is 11.0. The first-order valence-corrected chi connectivity index (χ1v) is 11.0. The predicted octanol–water partition coefficient (Wildman–Crippen LogP) is 4.67. The summed E-state index contributed by atoms with van der Waals surface area (Å²) in [6.45, 7) is 2.76. The average molecular weight is 479 g/mol. The fraction of sp³-hybridized carbons (Fsp3) is 0.269. The summed E-state index contributed by atoms with van der Waals surface area (Å²) >= 11 is 0. The van der Waals surface area contributed by atoms with Gasteiger partial charge in [0.05, 0.1) is 11.7 Å². The highest BCUT2D eigenvalue weighted by Gasteiger charge is 2.52. The van der Waals surface area contributed by atoms with E-state index in [1.165, 1.54) is 24.3 Å². The van der Waals surface area contributed by atoms with E-state index >= 15 is 0 Å². The van der Waals surface area contributed by atoms with E-state index in [1.807, 2.05) is 26.0 Å². The van der Waals surface area contributed by atoms with Gasteiger partial charge in [0.1, 0.15) is 11.7 Å². The van der Waals surface area contributed by atoms with Crippen molar-refractivity contribution in [3.05, 3.63) is 83.0 Å². The van der Waals surface area contributed by atoms with Crippen LogP contribution < -0.4 is 9.64 Å². The SMILES string of the molecule is Cc1ccc(N2C(=O)C(=O)C(C(=O)c3ccc(C(C)C)cc3)C2c2ccc(OC(F)F)cc2)nn1. The second-order valence-electron chi connectivity index (χ2n) is 8.58. The third-order valence-electron chi connectivity index (χ3n) is 5.93. The van der Waals surface area contributed by atoms with E-state index in [4.69, 9.17) is 0 Å². The number of nitrogens with zero attached hydrogens (tertiary/aromatic N) is 3. The van der Waals surface area contributed by atoms with Crippen LogP contribution in [0.15, 0.2) is 60.7 Å². The smallest absolute Gasteiger partial charge is 0.387 e. The summed E-state index contributed by atoms with van der Waals surface area (Å²) in [4.78, 5) is 41.0. The minimum atomic E-state index is -3.00. The molecule has 0 radical (unpaired) electrons. The molecule has 1 saturated heterocycles. The summed E-state index contributed by atoms with van der Waals surface area (Å²) in [6.07, 6.45) is 0. The van der Waals surface area contributed by atoms with Gasteiger partial charge in [-0.15, -0.1) is 5.10 Å². The number of carbonyl (C=O) groups excluding carboxylic acids is 3. The van der Waals surface area contributed by atoms with E-state index in [0.717, 1.165) is 10.5 Å². The lowest BCUT2D eigenvalue weighted by Gasteiger charge is -2.26. The number of amides is 1. The van der Waals surface area contributed by atoms with Gasteiger partial charge in [-0.05, 0) is 48.2 Å². The van der Waals surface area contributed by atoms with Crippen LogP contribution in [-0.2, 0) is 9.59 Å². The normalized spacial score (nSPS) is 18.0. The fourth-order valence-electron chi connectivity index (χ4n) is 4.10. The summed E-state index contributed by atoms with van der Waals surface area (Å²) in [5, 5.41) is 8.01. The topological polar surface area (TPSA) is 89.5 Å². The highest BCUT2D eigenvalue weighted by Crippen LogP contribution is 2.41. The lowest BCUT2D eigenvalue weighted by Crippen LogP contribution is -2.31. The number of ketones is 2. The molecule has 0 bridgehead atoms. The lowest BCUT2D eigenvalue weighted by atomic mass is 9.86. The van der Waals surface area contributed by atoms with Crippen LogP contribution in [0.1, 0.15) is 53.0 Å². The first kappa shape index (κ1) is 24.1. The molecule has 2 aromatic carbocycles. The van der Waals surface area contributed by atoms with Crippen LogP contribution in [0.5, 0.6) is 5.75 Å². The zero-order chi connectivity index (χ0) is 25.3. The molecule has 4 rings (SSSR count). The summed E-state index contributed by atoms with van der Waals surface area (Å²) in [5.74, 6) is -3.35. The van der Waals surface area contributed by atoms with Crippen molar-refractivity contribution < 1.29 is 27.9 Å². The molecule has 7 nitrogen and oxygen atoms in total. The Hall–Kier alpha value is -4.01. The maximum Gasteiger partial charge on any atom is 0.387 e. The molecule has 1 amide bonds. The van der Waals surface area contributed by atoms with Crippen molar-refractivity contribution in [1.29, 1.82) is 0 Å². The average Bonchev–Trinajstić information content (AvgIpc) is 3.10. The van der Waals surface area contributed by atoms with Crippen LogP contribution in [0.25, 0.3) is 0 Å². The van der Waals surface area contributed by atoms with Gasteiger partial charge in [-0.3, -0.25) is 19.3 Å². The fourth-order valence-corrected chi connectivity index (χ4v) is 4.10. The lowest BCUT2D eigenvalue weighted by molar-refractivity contribution is -0.135. The summed E-state index contributed by atoms with van der Waals surface area (Å²) in [6, 6.07) is 14.5. The standard InChI is InChI=1S/C26H23F2N3O4/c1-14(2)16-5-7-18(8-6-16)23(32)21-22(17-9-11-19(12-10-17)35-26(27)28)31(25(34)24(21)33)20-13-4-15(3)29-30-20/h4-14,21-22,26H,1-3H3. The zero-order valence-electron chi connectivity index (χ0n) is 19.3. The van der Waals surface area contributed by atoms with E-state index in [9.17, 15) is 23.2 Å². The number of hydrogen-bond donors (Lipinski definition) is 0.